The molecule has 0 aliphatic rings. The van der Waals surface area contributed by atoms with Crippen molar-refractivity contribution in [2.24, 2.45) is 0 Å². The first-order valence-electron chi connectivity index (χ1n) is 7.05. The Hall–Kier alpha value is -1.88. The van der Waals surface area contributed by atoms with Crippen molar-refractivity contribution in [2.45, 2.75) is 0 Å². The quantitative estimate of drug-likeness (QED) is 0.530. The largest absolute Gasteiger partial charge is 2.00 e. The van der Waals surface area contributed by atoms with Gasteiger partial charge in [-0.1, -0.05) is 42.1 Å². The first-order chi connectivity index (χ1) is 10.8. The van der Waals surface area contributed by atoms with Gasteiger partial charge in [-0.3, -0.25) is 0 Å². The van der Waals surface area contributed by atoms with E-state index >= 15 is 0 Å². The molecule has 4 rings (SSSR count). The van der Waals surface area contributed by atoms with Crippen LogP contribution >= 0.6 is 0 Å². The van der Waals surface area contributed by atoms with Crippen LogP contribution in [0.25, 0.3) is 28.2 Å². The Morgan fingerprint density at radius 3 is 2.39 bits per heavy atom. The van der Waals surface area contributed by atoms with Crippen LogP contribution in [0.15, 0.2) is 72.9 Å². The van der Waals surface area contributed by atoms with Gasteiger partial charge in [0.15, 0.2) is 5.52 Å². The van der Waals surface area contributed by atoms with Gasteiger partial charge in [0.25, 0.3) is 11.5 Å². The maximum absolute atomic E-state index is 12.2. The summed E-state index contributed by atoms with van der Waals surface area (Å²) in [6, 6.07) is 20.7. The molecule has 0 spiro atoms. The van der Waals surface area contributed by atoms with Crippen LogP contribution in [0.2, 0.25) is 0 Å². The van der Waals surface area contributed by atoms with Gasteiger partial charge < -0.3 is 5.11 Å². The van der Waals surface area contributed by atoms with E-state index in [1.165, 1.54) is 0 Å². The third-order valence-electron chi connectivity index (χ3n) is 3.63. The molecule has 0 fully saturated rings. The summed E-state index contributed by atoms with van der Waals surface area (Å²) in [6.45, 7) is 0. The maximum atomic E-state index is 12.2. The summed E-state index contributed by atoms with van der Waals surface area (Å²) < 4.78 is 1.98. The molecule has 0 saturated carbocycles. The van der Waals surface area contributed by atoms with E-state index in [9.17, 15) is 5.11 Å². The summed E-state index contributed by atoms with van der Waals surface area (Å²) in [5.74, 6) is 0.726. The van der Waals surface area contributed by atoms with Gasteiger partial charge in [-0.15, -0.1) is 0 Å². The van der Waals surface area contributed by atoms with Crippen LogP contribution in [0.3, 0.4) is 0 Å². The van der Waals surface area contributed by atoms with Gasteiger partial charge in [0, 0.05) is 6.20 Å². The molecule has 0 unspecified atom stereocenters. The van der Waals surface area contributed by atoms with Gasteiger partial charge >= 0.3 is 37.7 Å². The van der Waals surface area contributed by atoms with Crippen molar-refractivity contribution >= 4 is 48.9 Å². The van der Waals surface area contributed by atoms with E-state index in [2.05, 4.69) is 9.97 Å². The number of hydrogen-bond acceptors (Lipinski definition) is 2. The fourth-order valence-corrected chi connectivity index (χ4v) is 2.64. The number of aromatic nitrogens is 3. The Morgan fingerprint density at radius 1 is 0.870 bits per heavy atom. The standard InChI is InChI=1S/C18H13N3O.Ca/c22-16-11-5-4-9-14(16)17-20-15-10-6-12-19-18(15)21(17)13-7-2-1-3-8-13;/h1-12,22H;/q;+2. The smallest absolute Gasteiger partial charge is 0.872 e. The SMILES string of the molecule is [Ca+2].[O-]c1ccccc1-c1[nH+]c2cccnc2n1-c1ccccc1. The van der Waals surface area contributed by atoms with Gasteiger partial charge in [0.2, 0.25) is 0 Å². The number of nitrogens with zero attached hydrogens (tertiary/aromatic N) is 2. The summed E-state index contributed by atoms with van der Waals surface area (Å²) in [7, 11) is 0. The molecule has 0 atom stereocenters. The van der Waals surface area contributed by atoms with Gasteiger partial charge in [-0.2, -0.15) is 4.57 Å². The third-order valence-corrected chi connectivity index (χ3v) is 3.63. The van der Waals surface area contributed by atoms with E-state index in [0.717, 1.165) is 22.7 Å². The van der Waals surface area contributed by atoms with Gasteiger partial charge in [0.05, 0.1) is 5.56 Å². The molecule has 2 aromatic heterocycles. The second-order valence-electron chi connectivity index (χ2n) is 5.02. The van der Waals surface area contributed by atoms with Crippen molar-refractivity contribution in [1.29, 1.82) is 0 Å². The molecule has 0 amide bonds. The molecular formula is C18H13CaN3O+2. The number of aromatic amines is 1. The van der Waals surface area contributed by atoms with Crippen LogP contribution in [0, 0.1) is 0 Å². The summed E-state index contributed by atoms with van der Waals surface area (Å²) in [6.07, 6.45) is 1.75. The molecule has 0 aliphatic carbocycles. The minimum absolute atomic E-state index is 0. The molecule has 23 heavy (non-hydrogen) atoms. The van der Waals surface area contributed by atoms with E-state index in [0.29, 0.717) is 5.56 Å². The third kappa shape index (κ3) is 2.85. The molecule has 0 radical (unpaired) electrons. The number of H-pyrrole nitrogens is 1. The number of imidazole rings is 1. The minimum Gasteiger partial charge on any atom is -0.872 e. The molecule has 106 valence electrons. The molecule has 4 aromatic rings. The van der Waals surface area contributed by atoms with Crippen molar-refractivity contribution in [2.75, 3.05) is 0 Å². The average Bonchev–Trinajstić information content (AvgIpc) is 2.95. The molecular weight excluding hydrogens is 314 g/mol. The number of hydrogen-bond donors (Lipinski definition) is 0. The Balaban J connectivity index is 0.00000156. The summed E-state index contributed by atoms with van der Waals surface area (Å²) in [5.41, 5.74) is 3.28. The van der Waals surface area contributed by atoms with E-state index in [-0.39, 0.29) is 43.5 Å². The number of benzene rings is 2. The Morgan fingerprint density at radius 2 is 1.61 bits per heavy atom. The topological polar surface area (TPSA) is 55.0 Å². The van der Waals surface area contributed by atoms with E-state index < -0.39 is 0 Å². The van der Waals surface area contributed by atoms with Crippen LogP contribution in [-0.2, 0) is 0 Å². The molecule has 0 bridgehead atoms. The second-order valence-corrected chi connectivity index (χ2v) is 5.02. The zero-order valence-corrected chi connectivity index (χ0v) is 14.6. The van der Waals surface area contributed by atoms with Gasteiger partial charge in [0.1, 0.15) is 5.69 Å². The molecule has 5 heteroatoms. The van der Waals surface area contributed by atoms with Crippen LogP contribution in [0.4, 0.5) is 0 Å². The van der Waals surface area contributed by atoms with Crippen LogP contribution in [0.1, 0.15) is 0 Å². The molecule has 0 saturated heterocycles. The Bertz CT molecular complexity index is 951. The molecule has 1 N–H and O–H groups in total. The zero-order valence-electron chi connectivity index (χ0n) is 12.4. The van der Waals surface area contributed by atoms with Crippen LogP contribution in [-0.4, -0.2) is 47.3 Å². The van der Waals surface area contributed by atoms with Crippen LogP contribution in [0.5, 0.6) is 5.75 Å². The Labute approximate surface area is 163 Å². The minimum atomic E-state index is -0.0151. The van der Waals surface area contributed by atoms with E-state index in [1.807, 2.05) is 59.2 Å². The maximum Gasteiger partial charge on any atom is 2.00 e. The van der Waals surface area contributed by atoms with Crippen molar-refractivity contribution in [1.82, 2.24) is 9.55 Å². The fraction of sp³-hybridized carbons (Fsp3) is 0. The predicted octanol–water partition coefficient (Wildman–Crippen LogP) is 2.20. The number of para-hydroxylation sites is 2. The average molecular weight is 327 g/mol. The summed E-state index contributed by atoms with van der Waals surface area (Å²) in [5, 5.41) is 12.2. The van der Waals surface area contributed by atoms with Crippen molar-refractivity contribution < 1.29 is 10.1 Å². The Kier molecular flexibility index (Phi) is 4.66. The first kappa shape index (κ1) is 16.0. The van der Waals surface area contributed by atoms with Crippen molar-refractivity contribution in [3.05, 3.63) is 72.9 Å². The normalized spacial score (nSPS) is 10.4. The van der Waals surface area contributed by atoms with Crippen molar-refractivity contribution in [3.8, 4) is 22.8 Å². The van der Waals surface area contributed by atoms with Crippen molar-refractivity contribution in [3.63, 3.8) is 0 Å². The number of nitrogens with one attached hydrogen (secondary N) is 1. The molecule has 2 heterocycles. The van der Waals surface area contributed by atoms with E-state index in [1.54, 1.807) is 18.3 Å². The zero-order chi connectivity index (χ0) is 14.9. The molecule has 4 nitrogen and oxygen atoms in total. The summed E-state index contributed by atoms with van der Waals surface area (Å²) >= 11 is 0. The van der Waals surface area contributed by atoms with Gasteiger partial charge in [-0.05, 0) is 30.3 Å². The predicted molar refractivity (Wildman–Crippen MR) is 88.3 cm³/mol. The summed E-state index contributed by atoms with van der Waals surface area (Å²) in [4.78, 5) is 7.78. The first-order valence-corrected chi connectivity index (χ1v) is 7.05. The number of pyridine rings is 1. The fourth-order valence-electron chi connectivity index (χ4n) is 2.64. The van der Waals surface area contributed by atoms with Crippen LogP contribution < -0.4 is 10.1 Å². The number of rotatable bonds is 2. The molecule has 0 aliphatic heterocycles. The monoisotopic (exact) mass is 327 g/mol. The second kappa shape index (κ2) is 6.71. The number of fused-ring (bicyclic) bond motifs is 1. The van der Waals surface area contributed by atoms with E-state index in [4.69, 9.17) is 0 Å². The van der Waals surface area contributed by atoms with Gasteiger partial charge in [-0.25, -0.2) is 9.97 Å². The molecule has 2 aromatic carbocycles.